The Labute approximate surface area is 150 Å². The summed E-state index contributed by atoms with van der Waals surface area (Å²) in [5.41, 5.74) is 6.36. The minimum Gasteiger partial charge on any atom is -0.462 e. The van der Waals surface area contributed by atoms with Crippen LogP contribution in [-0.2, 0) is 4.74 Å². The molecule has 0 unspecified atom stereocenters. The number of hydrogen-bond donors (Lipinski definition) is 0. The minimum absolute atomic E-state index is 0.0541. The van der Waals surface area contributed by atoms with E-state index in [9.17, 15) is 4.79 Å². The van der Waals surface area contributed by atoms with Crippen molar-refractivity contribution in [1.82, 2.24) is 0 Å². The summed E-state index contributed by atoms with van der Waals surface area (Å²) < 4.78 is 5.40. The lowest BCUT2D eigenvalue weighted by Crippen LogP contribution is -2.17. The molecule has 0 N–H and O–H groups in total. The fourth-order valence-electron chi connectivity index (χ4n) is 2.69. The van der Waals surface area contributed by atoms with E-state index in [2.05, 4.69) is 38.6 Å². The number of carbonyl (C=O) groups excluding carboxylic acids is 1. The van der Waals surface area contributed by atoms with E-state index >= 15 is 0 Å². The van der Waals surface area contributed by atoms with Crippen LogP contribution in [0, 0.1) is 5.41 Å². The lowest BCUT2D eigenvalue weighted by molar-refractivity contribution is 0.0458. The second kappa shape index (κ2) is 9.05. The van der Waals surface area contributed by atoms with E-state index in [1.54, 1.807) is 12.1 Å². The van der Waals surface area contributed by atoms with Crippen molar-refractivity contribution in [3.05, 3.63) is 83.1 Å². The summed E-state index contributed by atoms with van der Waals surface area (Å²) in [6.45, 7) is 6.90. The number of carbonyl (C=O) groups is 1. The molecule has 0 saturated carbocycles. The molecule has 0 bridgehead atoms. The van der Waals surface area contributed by atoms with Gasteiger partial charge in [0.1, 0.15) is 0 Å². The molecule has 0 fully saturated rings. The van der Waals surface area contributed by atoms with Crippen LogP contribution < -0.4 is 0 Å². The molecule has 2 rings (SSSR count). The number of benzene rings is 2. The Balaban J connectivity index is 1.84. The van der Waals surface area contributed by atoms with Crippen molar-refractivity contribution in [3.8, 4) is 0 Å². The molecule has 2 heteroatoms. The van der Waals surface area contributed by atoms with Crippen LogP contribution in [0.15, 0.2) is 72.0 Å². The fourth-order valence-corrected chi connectivity index (χ4v) is 2.69. The normalized spacial score (nSPS) is 10.7. The summed E-state index contributed by atoms with van der Waals surface area (Å²) in [5, 5.41) is 0. The second-order valence-corrected chi connectivity index (χ2v) is 7.07. The Kier molecular flexibility index (Phi) is 6.80. The third-order valence-electron chi connectivity index (χ3n) is 4.05. The van der Waals surface area contributed by atoms with Gasteiger partial charge in [0.25, 0.3) is 0 Å². The van der Waals surface area contributed by atoms with Crippen LogP contribution in [0.1, 0.15) is 49.5 Å². The van der Waals surface area contributed by atoms with Crippen LogP contribution in [0.2, 0.25) is 0 Å². The van der Waals surface area contributed by atoms with Gasteiger partial charge in [0.05, 0.1) is 12.2 Å². The Morgan fingerprint density at radius 1 is 1.04 bits per heavy atom. The average Bonchev–Trinajstić information content (AvgIpc) is 2.61. The van der Waals surface area contributed by atoms with E-state index in [1.165, 1.54) is 5.57 Å². The van der Waals surface area contributed by atoms with E-state index in [0.717, 1.165) is 18.4 Å². The first-order chi connectivity index (χ1) is 12.0. The molecule has 25 heavy (non-hydrogen) atoms. The molecule has 130 valence electrons. The zero-order valence-electron chi connectivity index (χ0n) is 15.3. The van der Waals surface area contributed by atoms with Crippen molar-refractivity contribution in [2.24, 2.45) is 5.41 Å². The van der Waals surface area contributed by atoms with Crippen molar-refractivity contribution in [3.63, 3.8) is 0 Å². The predicted octanol–water partition coefficient (Wildman–Crippen LogP) is 5.91. The highest BCUT2D eigenvalue weighted by molar-refractivity contribution is 5.89. The third-order valence-corrected chi connectivity index (χ3v) is 4.05. The van der Waals surface area contributed by atoms with Crippen molar-refractivity contribution in [1.29, 1.82) is 0 Å². The monoisotopic (exact) mass is 334 g/mol. The summed E-state index contributed by atoms with van der Waals surface area (Å²) in [7, 11) is 0. The first-order valence-electron chi connectivity index (χ1n) is 8.66. The molecule has 0 aliphatic rings. The highest BCUT2D eigenvalue weighted by Gasteiger charge is 2.19. The quantitative estimate of drug-likeness (QED) is 0.465. The number of esters is 1. The first-order valence-corrected chi connectivity index (χ1v) is 8.66. The molecule has 0 saturated heterocycles. The van der Waals surface area contributed by atoms with Crippen molar-refractivity contribution in [2.75, 3.05) is 6.61 Å². The van der Waals surface area contributed by atoms with E-state index in [0.29, 0.717) is 12.2 Å². The van der Waals surface area contributed by atoms with Gasteiger partial charge >= 0.3 is 5.97 Å². The van der Waals surface area contributed by atoms with Crippen LogP contribution in [0.3, 0.4) is 0 Å². The SMILES string of the molecule is CC(=C=Cc1ccccc1)CC(C)(C)CCOC(=O)c1ccccc1. The summed E-state index contributed by atoms with van der Waals surface area (Å²) in [6.07, 6.45) is 3.75. The highest BCUT2D eigenvalue weighted by atomic mass is 16.5. The lowest BCUT2D eigenvalue weighted by atomic mass is 9.83. The maximum absolute atomic E-state index is 12.0. The van der Waals surface area contributed by atoms with E-state index in [4.69, 9.17) is 4.74 Å². The first kappa shape index (κ1) is 18.8. The highest BCUT2D eigenvalue weighted by Crippen LogP contribution is 2.28. The Morgan fingerprint density at radius 3 is 2.28 bits per heavy atom. The zero-order chi connectivity index (χ0) is 18.1. The molecule has 0 aliphatic carbocycles. The summed E-state index contributed by atoms with van der Waals surface area (Å²) >= 11 is 0. The van der Waals surface area contributed by atoms with Crippen molar-refractivity contribution < 1.29 is 9.53 Å². The molecular weight excluding hydrogens is 308 g/mol. The van der Waals surface area contributed by atoms with Gasteiger partial charge < -0.3 is 4.74 Å². The molecule has 0 atom stereocenters. The van der Waals surface area contributed by atoms with Gasteiger partial charge in [0, 0.05) is 0 Å². The number of allylic oxidation sites excluding steroid dienone is 1. The number of hydrogen-bond acceptors (Lipinski definition) is 2. The van der Waals surface area contributed by atoms with Crippen LogP contribution in [0.5, 0.6) is 0 Å². The van der Waals surface area contributed by atoms with Crippen molar-refractivity contribution >= 4 is 12.0 Å². The van der Waals surface area contributed by atoms with Gasteiger partial charge in [-0.05, 0) is 54.5 Å². The largest absolute Gasteiger partial charge is 0.462 e. The third kappa shape index (κ3) is 6.82. The standard InChI is InChI=1S/C23H26O2/c1-19(14-15-20-10-6-4-7-11-20)18-23(2,3)16-17-25-22(24)21-12-8-5-9-13-21/h4-13,15H,16-18H2,1-3H3. The molecule has 0 amide bonds. The van der Waals surface area contributed by atoms with E-state index in [1.807, 2.05) is 42.5 Å². The summed E-state index contributed by atoms with van der Waals surface area (Å²) in [4.78, 5) is 12.0. The van der Waals surface area contributed by atoms with E-state index < -0.39 is 0 Å². The van der Waals surface area contributed by atoms with Gasteiger partial charge in [-0.15, -0.1) is 5.73 Å². The molecule has 0 radical (unpaired) electrons. The molecule has 2 aromatic carbocycles. The average molecular weight is 334 g/mol. The Morgan fingerprint density at radius 2 is 1.64 bits per heavy atom. The molecule has 0 heterocycles. The van der Waals surface area contributed by atoms with Gasteiger partial charge in [0.15, 0.2) is 0 Å². The van der Waals surface area contributed by atoms with Crippen LogP contribution in [0.25, 0.3) is 6.08 Å². The maximum Gasteiger partial charge on any atom is 0.338 e. The Bertz CT molecular complexity index is 736. The molecule has 0 aromatic heterocycles. The van der Waals surface area contributed by atoms with Crippen LogP contribution >= 0.6 is 0 Å². The number of ether oxygens (including phenoxy) is 1. The second-order valence-electron chi connectivity index (χ2n) is 7.07. The van der Waals surface area contributed by atoms with Crippen LogP contribution in [0.4, 0.5) is 0 Å². The van der Waals surface area contributed by atoms with E-state index in [-0.39, 0.29) is 11.4 Å². The molecular formula is C23H26O2. The summed E-state index contributed by atoms with van der Waals surface area (Å²) in [6, 6.07) is 19.3. The van der Waals surface area contributed by atoms with Gasteiger partial charge in [-0.25, -0.2) is 4.79 Å². The fraction of sp³-hybridized carbons (Fsp3) is 0.304. The smallest absolute Gasteiger partial charge is 0.338 e. The minimum atomic E-state index is -0.257. The number of rotatable bonds is 7. The Hall–Kier alpha value is -2.57. The van der Waals surface area contributed by atoms with Crippen LogP contribution in [-0.4, -0.2) is 12.6 Å². The van der Waals surface area contributed by atoms with Gasteiger partial charge in [0.2, 0.25) is 0 Å². The molecule has 0 spiro atoms. The molecule has 2 nitrogen and oxygen atoms in total. The summed E-state index contributed by atoms with van der Waals surface area (Å²) in [5.74, 6) is -0.257. The zero-order valence-corrected chi connectivity index (χ0v) is 15.3. The lowest BCUT2D eigenvalue weighted by Gasteiger charge is -2.24. The maximum atomic E-state index is 12.0. The predicted molar refractivity (Wildman–Crippen MR) is 103 cm³/mol. The van der Waals surface area contributed by atoms with Gasteiger partial charge in [-0.3, -0.25) is 0 Å². The van der Waals surface area contributed by atoms with Crippen molar-refractivity contribution in [2.45, 2.75) is 33.6 Å². The molecule has 0 aliphatic heterocycles. The van der Waals surface area contributed by atoms with Gasteiger partial charge in [-0.1, -0.05) is 62.4 Å². The van der Waals surface area contributed by atoms with Gasteiger partial charge in [-0.2, -0.15) is 0 Å². The molecule has 2 aromatic rings. The topological polar surface area (TPSA) is 26.3 Å².